The van der Waals surface area contributed by atoms with Crippen LogP contribution in [0.5, 0.6) is 0 Å². The second-order valence-corrected chi connectivity index (χ2v) is 7.11. The number of amides is 2. The third-order valence-electron chi connectivity index (χ3n) is 5.08. The van der Waals surface area contributed by atoms with E-state index in [1.165, 1.54) is 0 Å². The minimum Gasteiger partial charge on any atom is -0.273 e. The van der Waals surface area contributed by atoms with Gasteiger partial charge in [0.25, 0.3) is 0 Å². The number of fused-ring (bicyclic) bond motifs is 1. The molecule has 2 N–H and O–H groups in total. The fourth-order valence-electron chi connectivity index (χ4n) is 3.65. The molecule has 4 nitrogen and oxygen atoms in total. The first-order valence-corrected chi connectivity index (χ1v) is 9.87. The van der Waals surface area contributed by atoms with Crippen molar-refractivity contribution in [2.75, 3.05) is 0 Å². The molecule has 0 radical (unpaired) electrons. The molecular weight excluding hydrogens is 372 g/mol. The van der Waals surface area contributed by atoms with Gasteiger partial charge in [-0.1, -0.05) is 103 Å². The number of benzene rings is 4. The van der Waals surface area contributed by atoms with Crippen molar-refractivity contribution in [1.29, 1.82) is 0 Å². The van der Waals surface area contributed by atoms with Gasteiger partial charge in [0, 0.05) is 0 Å². The van der Waals surface area contributed by atoms with Crippen LogP contribution in [0.3, 0.4) is 0 Å². The molecule has 0 aliphatic rings. The summed E-state index contributed by atoms with van der Waals surface area (Å²) in [5, 5.41) is 2.12. The molecule has 0 aromatic heterocycles. The number of rotatable bonds is 5. The van der Waals surface area contributed by atoms with Crippen LogP contribution in [0, 0.1) is 0 Å². The van der Waals surface area contributed by atoms with Crippen molar-refractivity contribution in [3.8, 4) is 0 Å². The van der Waals surface area contributed by atoms with Crippen molar-refractivity contribution in [2.45, 2.75) is 12.3 Å². The van der Waals surface area contributed by atoms with Crippen LogP contribution in [0.4, 0.5) is 0 Å². The summed E-state index contributed by atoms with van der Waals surface area (Å²) in [6, 6.07) is 32.9. The average molecular weight is 394 g/mol. The number of carbonyl (C=O) groups excluding carboxylic acids is 2. The van der Waals surface area contributed by atoms with Gasteiger partial charge in [-0.2, -0.15) is 0 Å². The molecule has 4 aromatic carbocycles. The third-order valence-corrected chi connectivity index (χ3v) is 5.08. The molecule has 0 spiro atoms. The Morgan fingerprint density at radius 2 is 1.20 bits per heavy atom. The van der Waals surface area contributed by atoms with E-state index in [-0.39, 0.29) is 18.2 Å². The van der Waals surface area contributed by atoms with Crippen LogP contribution in [0.1, 0.15) is 22.6 Å². The van der Waals surface area contributed by atoms with E-state index in [0.717, 1.165) is 27.5 Å². The van der Waals surface area contributed by atoms with Crippen LogP contribution in [0.15, 0.2) is 103 Å². The van der Waals surface area contributed by atoms with E-state index in [1.54, 1.807) is 0 Å². The molecule has 0 saturated heterocycles. The molecular formula is C26H22N2O2. The van der Waals surface area contributed by atoms with Gasteiger partial charge in [0.2, 0.25) is 11.8 Å². The molecule has 148 valence electrons. The number of carbonyl (C=O) groups is 2. The standard InChI is InChI=1S/C26H22N2O2/c29-24(18-22-16-9-15-19-10-7-8-17-23(19)22)27-28-26(30)25(20-11-3-1-4-12-20)21-13-5-2-6-14-21/h1-17,25H,18H2,(H,27,29)(H,28,30). The van der Waals surface area contributed by atoms with E-state index in [9.17, 15) is 9.59 Å². The lowest BCUT2D eigenvalue weighted by Crippen LogP contribution is -2.44. The topological polar surface area (TPSA) is 58.2 Å². The first-order valence-electron chi connectivity index (χ1n) is 9.87. The summed E-state index contributed by atoms with van der Waals surface area (Å²) < 4.78 is 0. The molecule has 30 heavy (non-hydrogen) atoms. The summed E-state index contributed by atoms with van der Waals surface area (Å²) in [6.07, 6.45) is 0.184. The van der Waals surface area contributed by atoms with Crippen LogP contribution in [-0.4, -0.2) is 11.8 Å². The summed E-state index contributed by atoms with van der Waals surface area (Å²) in [7, 11) is 0. The first-order chi connectivity index (χ1) is 14.7. The van der Waals surface area contributed by atoms with Crippen molar-refractivity contribution >= 4 is 22.6 Å². The monoisotopic (exact) mass is 394 g/mol. The second kappa shape index (κ2) is 9.05. The minimum absolute atomic E-state index is 0.184. The van der Waals surface area contributed by atoms with Crippen molar-refractivity contribution in [1.82, 2.24) is 10.9 Å². The second-order valence-electron chi connectivity index (χ2n) is 7.11. The lowest BCUT2D eigenvalue weighted by Gasteiger charge is -2.18. The Kier molecular flexibility index (Phi) is 5.85. The smallest absolute Gasteiger partial charge is 0.250 e. The summed E-state index contributed by atoms with van der Waals surface area (Å²) in [5.74, 6) is -1.05. The zero-order valence-corrected chi connectivity index (χ0v) is 16.4. The maximum Gasteiger partial charge on any atom is 0.250 e. The van der Waals surface area contributed by atoms with Gasteiger partial charge in [-0.25, -0.2) is 0 Å². The highest BCUT2D eigenvalue weighted by atomic mass is 16.2. The molecule has 0 atom stereocenters. The lowest BCUT2D eigenvalue weighted by molar-refractivity contribution is -0.128. The van der Waals surface area contributed by atoms with E-state index in [2.05, 4.69) is 10.9 Å². The Balaban J connectivity index is 1.47. The predicted octanol–water partition coefficient (Wildman–Crippen LogP) is 4.36. The van der Waals surface area contributed by atoms with Gasteiger partial charge in [0.1, 0.15) is 0 Å². The molecule has 0 heterocycles. The Morgan fingerprint density at radius 1 is 0.633 bits per heavy atom. The minimum atomic E-state index is -0.509. The van der Waals surface area contributed by atoms with Crippen LogP contribution in [-0.2, 0) is 16.0 Å². The van der Waals surface area contributed by atoms with Gasteiger partial charge < -0.3 is 0 Å². The maximum absolute atomic E-state index is 13.0. The maximum atomic E-state index is 13.0. The Bertz CT molecular complexity index is 1110. The quantitative estimate of drug-likeness (QED) is 0.494. The summed E-state index contributed by atoms with van der Waals surface area (Å²) >= 11 is 0. The van der Waals surface area contributed by atoms with Crippen molar-refractivity contribution in [3.63, 3.8) is 0 Å². The van der Waals surface area contributed by atoms with E-state index >= 15 is 0 Å². The molecule has 2 amide bonds. The van der Waals surface area contributed by atoms with E-state index < -0.39 is 5.92 Å². The third kappa shape index (κ3) is 4.39. The van der Waals surface area contributed by atoms with Crippen LogP contribution in [0.25, 0.3) is 10.8 Å². The van der Waals surface area contributed by atoms with Crippen molar-refractivity contribution in [3.05, 3.63) is 120 Å². The summed E-state index contributed by atoms with van der Waals surface area (Å²) in [6.45, 7) is 0. The average Bonchev–Trinajstić information content (AvgIpc) is 2.80. The van der Waals surface area contributed by atoms with E-state index in [0.29, 0.717) is 0 Å². The van der Waals surface area contributed by atoms with Gasteiger partial charge in [0.05, 0.1) is 12.3 Å². The SMILES string of the molecule is O=C(Cc1cccc2ccccc12)NNC(=O)C(c1ccccc1)c1ccccc1. The summed E-state index contributed by atoms with van der Waals surface area (Å²) in [4.78, 5) is 25.5. The Labute approximate surface area is 175 Å². The van der Waals surface area contributed by atoms with Gasteiger partial charge in [-0.05, 0) is 27.5 Å². The lowest BCUT2D eigenvalue weighted by atomic mass is 9.91. The Morgan fingerprint density at radius 3 is 1.87 bits per heavy atom. The van der Waals surface area contributed by atoms with Crippen LogP contribution >= 0.6 is 0 Å². The summed E-state index contributed by atoms with van der Waals surface area (Å²) in [5.41, 5.74) is 7.84. The zero-order chi connectivity index (χ0) is 20.8. The van der Waals surface area contributed by atoms with Crippen LogP contribution < -0.4 is 10.9 Å². The van der Waals surface area contributed by atoms with Crippen LogP contribution in [0.2, 0.25) is 0 Å². The molecule has 0 fully saturated rings. The molecule has 0 aliphatic heterocycles. The highest BCUT2D eigenvalue weighted by Gasteiger charge is 2.23. The van der Waals surface area contributed by atoms with Gasteiger partial charge in [0.15, 0.2) is 0 Å². The first kappa shape index (κ1) is 19.4. The molecule has 0 bridgehead atoms. The van der Waals surface area contributed by atoms with E-state index in [1.807, 2.05) is 103 Å². The fourth-order valence-corrected chi connectivity index (χ4v) is 3.65. The molecule has 0 saturated carbocycles. The number of hydrogen-bond acceptors (Lipinski definition) is 2. The number of hydrogen-bond donors (Lipinski definition) is 2. The van der Waals surface area contributed by atoms with Gasteiger partial charge in [-0.3, -0.25) is 20.4 Å². The predicted molar refractivity (Wildman–Crippen MR) is 119 cm³/mol. The van der Waals surface area contributed by atoms with Gasteiger partial charge in [-0.15, -0.1) is 0 Å². The number of nitrogens with one attached hydrogen (secondary N) is 2. The van der Waals surface area contributed by atoms with E-state index in [4.69, 9.17) is 0 Å². The molecule has 0 unspecified atom stereocenters. The van der Waals surface area contributed by atoms with Crippen molar-refractivity contribution < 1.29 is 9.59 Å². The molecule has 4 rings (SSSR count). The highest BCUT2D eigenvalue weighted by Crippen LogP contribution is 2.24. The molecule has 4 heteroatoms. The normalized spacial score (nSPS) is 10.7. The Hall–Kier alpha value is -3.92. The zero-order valence-electron chi connectivity index (χ0n) is 16.4. The molecule has 4 aromatic rings. The van der Waals surface area contributed by atoms with Gasteiger partial charge >= 0.3 is 0 Å². The largest absolute Gasteiger partial charge is 0.273 e. The molecule has 0 aliphatic carbocycles. The van der Waals surface area contributed by atoms with Crippen molar-refractivity contribution in [2.24, 2.45) is 0 Å². The fraction of sp³-hybridized carbons (Fsp3) is 0.0769. The number of hydrazine groups is 1. The highest BCUT2D eigenvalue weighted by molar-refractivity contribution is 5.92.